The second-order valence-electron chi connectivity index (χ2n) is 6.57. The van der Waals surface area contributed by atoms with E-state index in [1.807, 2.05) is 67.5 Å². The third-order valence-corrected chi connectivity index (χ3v) is 4.32. The molecule has 2 N–H and O–H groups in total. The zero-order chi connectivity index (χ0) is 19.8. The van der Waals surface area contributed by atoms with E-state index in [1.165, 1.54) is 5.56 Å². The highest BCUT2D eigenvalue weighted by atomic mass is 127. The summed E-state index contributed by atoms with van der Waals surface area (Å²) in [6, 6.07) is 20.1. The van der Waals surface area contributed by atoms with Crippen molar-refractivity contribution in [3.8, 4) is 5.75 Å². The third-order valence-electron chi connectivity index (χ3n) is 4.32. The Morgan fingerprint density at radius 2 is 1.76 bits per heavy atom. The maximum Gasteiger partial charge on any atom is 0.191 e. The number of aromatic nitrogens is 1. The van der Waals surface area contributed by atoms with Gasteiger partial charge in [0, 0.05) is 33.1 Å². The summed E-state index contributed by atoms with van der Waals surface area (Å²) in [5, 5.41) is 7.81. The number of hydrogen-bond acceptors (Lipinski definition) is 4. The number of rotatable bonds is 7. The Balaban J connectivity index is 0.00000300. The molecule has 0 aliphatic rings. The Morgan fingerprint density at radius 3 is 2.48 bits per heavy atom. The van der Waals surface area contributed by atoms with Gasteiger partial charge in [0.15, 0.2) is 5.96 Å². The van der Waals surface area contributed by atoms with E-state index in [1.54, 1.807) is 7.05 Å². The van der Waals surface area contributed by atoms with E-state index in [4.69, 9.17) is 9.72 Å². The van der Waals surface area contributed by atoms with Crippen molar-refractivity contribution < 1.29 is 4.74 Å². The SMILES string of the molecule is CN=C(NCCOc1ccccc1)NCc1cc(N(C)C)nc2ccccc12.I. The smallest absolute Gasteiger partial charge is 0.191 e. The number of pyridine rings is 1. The van der Waals surface area contributed by atoms with Gasteiger partial charge in [-0.2, -0.15) is 0 Å². The van der Waals surface area contributed by atoms with Crippen molar-refractivity contribution in [3.63, 3.8) is 0 Å². The van der Waals surface area contributed by atoms with E-state index < -0.39 is 0 Å². The van der Waals surface area contributed by atoms with Gasteiger partial charge in [0.05, 0.1) is 12.1 Å². The largest absolute Gasteiger partial charge is 0.492 e. The van der Waals surface area contributed by atoms with Gasteiger partial charge in [-0.3, -0.25) is 4.99 Å². The molecule has 0 saturated heterocycles. The van der Waals surface area contributed by atoms with Crippen LogP contribution in [0.15, 0.2) is 65.7 Å². The zero-order valence-corrected chi connectivity index (χ0v) is 19.4. The van der Waals surface area contributed by atoms with E-state index in [-0.39, 0.29) is 24.0 Å². The monoisotopic (exact) mass is 505 g/mol. The van der Waals surface area contributed by atoms with Crippen molar-refractivity contribution in [1.82, 2.24) is 15.6 Å². The van der Waals surface area contributed by atoms with Crippen LogP contribution in [-0.2, 0) is 6.54 Å². The Bertz CT molecular complexity index is 931. The molecule has 0 unspecified atom stereocenters. The lowest BCUT2D eigenvalue weighted by Gasteiger charge is -2.17. The first kappa shape index (κ1) is 22.7. The molecule has 0 aliphatic heterocycles. The number of hydrogen-bond donors (Lipinski definition) is 2. The van der Waals surface area contributed by atoms with Crippen molar-refractivity contribution >= 4 is 46.7 Å². The normalized spacial score (nSPS) is 10.9. The van der Waals surface area contributed by atoms with Crippen LogP contribution in [-0.4, -0.2) is 45.2 Å². The van der Waals surface area contributed by atoms with Gasteiger partial charge in [-0.15, -0.1) is 24.0 Å². The van der Waals surface area contributed by atoms with Crippen LogP contribution >= 0.6 is 24.0 Å². The number of fused-ring (bicyclic) bond motifs is 1. The molecule has 0 bridgehead atoms. The Labute approximate surface area is 189 Å². The summed E-state index contributed by atoms with van der Waals surface area (Å²) < 4.78 is 5.70. The molecule has 3 rings (SSSR count). The number of guanidine groups is 1. The summed E-state index contributed by atoms with van der Waals surface area (Å²) in [6.45, 7) is 1.88. The van der Waals surface area contributed by atoms with Gasteiger partial charge < -0.3 is 20.3 Å². The molecule has 0 atom stereocenters. The van der Waals surface area contributed by atoms with E-state index in [9.17, 15) is 0 Å². The van der Waals surface area contributed by atoms with Gasteiger partial charge in [-0.1, -0.05) is 36.4 Å². The molecule has 0 spiro atoms. The molecule has 6 nitrogen and oxygen atoms in total. The molecule has 2 aromatic carbocycles. The first-order valence-corrected chi connectivity index (χ1v) is 9.35. The van der Waals surface area contributed by atoms with E-state index in [0.29, 0.717) is 19.7 Å². The number of nitrogens with one attached hydrogen (secondary N) is 2. The van der Waals surface area contributed by atoms with Crippen LogP contribution in [0.1, 0.15) is 5.56 Å². The highest BCUT2D eigenvalue weighted by Gasteiger charge is 2.08. The quantitative estimate of drug-likeness (QED) is 0.222. The molecular weight excluding hydrogens is 477 g/mol. The van der Waals surface area contributed by atoms with Crippen LogP contribution in [0.4, 0.5) is 5.82 Å². The number of nitrogens with zero attached hydrogens (tertiary/aromatic N) is 3. The number of benzene rings is 2. The first-order chi connectivity index (χ1) is 13.7. The average Bonchev–Trinajstić information content (AvgIpc) is 2.73. The number of anilines is 1. The van der Waals surface area contributed by atoms with Crippen LogP contribution in [0.3, 0.4) is 0 Å². The zero-order valence-electron chi connectivity index (χ0n) is 17.1. The van der Waals surface area contributed by atoms with Crippen molar-refractivity contribution in [2.24, 2.45) is 4.99 Å². The predicted octanol–water partition coefficient (Wildman–Crippen LogP) is 3.66. The Kier molecular flexibility index (Phi) is 8.98. The van der Waals surface area contributed by atoms with Crippen LogP contribution in [0, 0.1) is 0 Å². The number of para-hydroxylation sites is 2. The molecule has 29 heavy (non-hydrogen) atoms. The fourth-order valence-electron chi connectivity index (χ4n) is 2.86. The number of aliphatic imine (C=N–C) groups is 1. The first-order valence-electron chi connectivity index (χ1n) is 9.35. The highest BCUT2D eigenvalue weighted by Crippen LogP contribution is 2.21. The van der Waals surface area contributed by atoms with Crippen LogP contribution in [0.5, 0.6) is 5.75 Å². The standard InChI is InChI=1S/C22H27N5O.HI/c1-23-22(24-13-14-28-18-9-5-4-6-10-18)25-16-17-15-21(27(2)3)26-20-12-8-7-11-19(17)20;/h4-12,15H,13-14,16H2,1-3H3,(H2,23,24,25);1H. The second-order valence-corrected chi connectivity index (χ2v) is 6.57. The molecule has 7 heteroatoms. The molecule has 0 radical (unpaired) electrons. The number of ether oxygens (including phenoxy) is 1. The fourth-order valence-corrected chi connectivity index (χ4v) is 2.86. The summed E-state index contributed by atoms with van der Waals surface area (Å²) in [5.74, 6) is 2.55. The lowest BCUT2D eigenvalue weighted by atomic mass is 10.1. The summed E-state index contributed by atoms with van der Waals surface area (Å²) in [7, 11) is 5.77. The fraction of sp³-hybridized carbons (Fsp3) is 0.273. The minimum atomic E-state index is 0. The topological polar surface area (TPSA) is 61.8 Å². The van der Waals surface area contributed by atoms with Crippen LogP contribution < -0.4 is 20.3 Å². The van der Waals surface area contributed by atoms with Crippen LogP contribution in [0.25, 0.3) is 10.9 Å². The van der Waals surface area contributed by atoms with E-state index in [0.717, 1.165) is 28.4 Å². The minimum Gasteiger partial charge on any atom is -0.492 e. The Morgan fingerprint density at radius 1 is 1.03 bits per heavy atom. The molecule has 3 aromatic rings. The second kappa shape index (κ2) is 11.5. The summed E-state index contributed by atoms with van der Waals surface area (Å²) in [5.41, 5.74) is 2.17. The van der Waals surface area contributed by atoms with Crippen molar-refractivity contribution in [2.45, 2.75) is 6.54 Å². The lowest BCUT2D eigenvalue weighted by molar-refractivity contribution is 0.322. The third kappa shape index (κ3) is 6.49. The molecule has 1 heterocycles. The maximum atomic E-state index is 5.70. The number of halogens is 1. The summed E-state index contributed by atoms with van der Waals surface area (Å²) in [6.07, 6.45) is 0. The average molecular weight is 505 g/mol. The van der Waals surface area contributed by atoms with Crippen molar-refractivity contribution in [3.05, 3.63) is 66.2 Å². The van der Waals surface area contributed by atoms with Gasteiger partial charge in [-0.25, -0.2) is 4.98 Å². The maximum absolute atomic E-state index is 5.70. The van der Waals surface area contributed by atoms with E-state index >= 15 is 0 Å². The van der Waals surface area contributed by atoms with Gasteiger partial charge in [0.2, 0.25) is 0 Å². The molecule has 0 amide bonds. The minimum absolute atomic E-state index is 0. The van der Waals surface area contributed by atoms with Gasteiger partial charge in [0.1, 0.15) is 18.2 Å². The molecule has 0 saturated carbocycles. The summed E-state index contributed by atoms with van der Waals surface area (Å²) in [4.78, 5) is 11.0. The molecule has 1 aromatic heterocycles. The molecule has 154 valence electrons. The highest BCUT2D eigenvalue weighted by molar-refractivity contribution is 14.0. The summed E-state index contributed by atoms with van der Waals surface area (Å²) >= 11 is 0. The van der Waals surface area contributed by atoms with Gasteiger partial charge in [-0.05, 0) is 29.8 Å². The van der Waals surface area contributed by atoms with Gasteiger partial charge in [0.25, 0.3) is 0 Å². The Hall–Kier alpha value is -2.55. The molecule has 0 aliphatic carbocycles. The molecular formula is C22H28IN5O. The van der Waals surface area contributed by atoms with Gasteiger partial charge >= 0.3 is 0 Å². The predicted molar refractivity (Wildman–Crippen MR) is 132 cm³/mol. The molecule has 0 fully saturated rings. The lowest BCUT2D eigenvalue weighted by Crippen LogP contribution is -2.39. The van der Waals surface area contributed by atoms with E-state index in [2.05, 4.69) is 27.8 Å². The van der Waals surface area contributed by atoms with Crippen molar-refractivity contribution in [1.29, 1.82) is 0 Å². The van der Waals surface area contributed by atoms with Crippen LogP contribution in [0.2, 0.25) is 0 Å². The van der Waals surface area contributed by atoms with Crippen molar-refractivity contribution in [2.75, 3.05) is 39.2 Å².